The number of carbonyl (C=O) groups excluding carboxylic acids is 1. The lowest BCUT2D eigenvalue weighted by molar-refractivity contribution is 0.237. The molecule has 1 aromatic rings. The molecule has 7 nitrogen and oxygen atoms in total. The number of nitrogens with zero attached hydrogens (tertiary/aromatic N) is 2. The van der Waals surface area contributed by atoms with Gasteiger partial charge in [-0.25, -0.2) is 17.5 Å². The van der Waals surface area contributed by atoms with Crippen LogP contribution in [0, 0.1) is 0 Å². The van der Waals surface area contributed by atoms with Crippen molar-refractivity contribution >= 4 is 43.9 Å². The maximum Gasteiger partial charge on any atom is 0.336 e. The number of hydrogen-bond donors (Lipinski definition) is 2. The van der Waals surface area contributed by atoms with E-state index in [0.29, 0.717) is 16.6 Å². The molecule has 2 aliphatic heterocycles. The van der Waals surface area contributed by atoms with E-state index in [1.54, 1.807) is 30.5 Å². The van der Waals surface area contributed by atoms with Gasteiger partial charge in [0.15, 0.2) is 0 Å². The SMILES string of the molecule is CO.O=C1Nc2ccc(Br)cc2S(=O)(=O)N1CC1=CC=NCC=C1. The first kappa shape index (κ1) is 18.4. The summed E-state index contributed by atoms with van der Waals surface area (Å²) in [6, 6.07) is 4.06. The summed E-state index contributed by atoms with van der Waals surface area (Å²) in [6.07, 6.45) is 6.89. The second-order valence-corrected chi connectivity index (χ2v) is 7.49. The first-order chi connectivity index (χ1) is 11.5. The van der Waals surface area contributed by atoms with Crippen molar-refractivity contribution in [1.29, 1.82) is 0 Å². The second-order valence-electron chi connectivity index (χ2n) is 4.74. The number of aliphatic imine (C=N–C) groups is 1. The summed E-state index contributed by atoms with van der Waals surface area (Å²) in [4.78, 5) is 16.3. The van der Waals surface area contributed by atoms with Crippen LogP contribution in [0.5, 0.6) is 0 Å². The molecular weight excluding hydrogens is 398 g/mol. The van der Waals surface area contributed by atoms with Crippen LogP contribution in [-0.2, 0) is 10.0 Å². The molecule has 3 rings (SSSR count). The lowest BCUT2D eigenvalue weighted by Gasteiger charge is -2.29. The standard InChI is InChI=1S/C14H12BrN3O3S.CH4O/c15-11-3-4-12-13(8-11)22(20,21)18(14(19)17-12)9-10-2-1-6-16-7-5-10;1-2/h1-5,7-8H,6,9H2,(H,17,19);2H,1H3. The van der Waals surface area contributed by atoms with Crippen LogP contribution in [0.25, 0.3) is 0 Å². The van der Waals surface area contributed by atoms with Crippen molar-refractivity contribution in [2.24, 2.45) is 4.99 Å². The molecule has 2 N–H and O–H groups in total. The van der Waals surface area contributed by atoms with Crippen LogP contribution < -0.4 is 5.32 Å². The summed E-state index contributed by atoms with van der Waals surface area (Å²) >= 11 is 3.25. The normalized spacial score (nSPS) is 17.9. The molecule has 9 heteroatoms. The van der Waals surface area contributed by atoms with Crippen LogP contribution in [0.3, 0.4) is 0 Å². The summed E-state index contributed by atoms with van der Waals surface area (Å²) in [6.45, 7) is 0.497. The Kier molecular flexibility index (Phi) is 5.92. The van der Waals surface area contributed by atoms with Crippen LogP contribution in [0.15, 0.2) is 56.4 Å². The summed E-state index contributed by atoms with van der Waals surface area (Å²) in [7, 11) is -2.89. The summed E-state index contributed by atoms with van der Waals surface area (Å²) in [5.74, 6) is 0. The third kappa shape index (κ3) is 3.74. The summed E-state index contributed by atoms with van der Waals surface area (Å²) in [5, 5.41) is 9.60. The zero-order valence-electron chi connectivity index (χ0n) is 12.8. The van der Waals surface area contributed by atoms with Crippen molar-refractivity contribution in [2.45, 2.75) is 4.90 Å². The van der Waals surface area contributed by atoms with E-state index in [9.17, 15) is 13.2 Å². The highest BCUT2D eigenvalue weighted by molar-refractivity contribution is 9.10. The number of amides is 2. The number of aliphatic hydroxyl groups is 1. The van der Waals surface area contributed by atoms with Crippen LogP contribution in [0.4, 0.5) is 10.5 Å². The van der Waals surface area contributed by atoms with E-state index >= 15 is 0 Å². The van der Waals surface area contributed by atoms with Crippen LogP contribution in [0.1, 0.15) is 0 Å². The quantitative estimate of drug-likeness (QED) is 0.775. The Balaban J connectivity index is 0.00000100. The van der Waals surface area contributed by atoms with Gasteiger partial charge in [-0.05, 0) is 29.8 Å². The Morgan fingerprint density at radius 2 is 2.12 bits per heavy atom. The molecule has 2 aliphatic rings. The Labute approximate surface area is 148 Å². The highest BCUT2D eigenvalue weighted by Crippen LogP contribution is 2.32. The van der Waals surface area contributed by atoms with E-state index < -0.39 is 16.1 Å². The molecule has 0 bridgehead atoms. The highest BCUT2D eigenvalue weighted by atomic mass is 79.9. The van der Waals surface area contributed by atoms with E-state index in [4.69, 9.17) is 5.11 Å². The van der Waals surface area contributed by atoms with Crippen LogP contribution in [0.2, 0.25) is 0 Å². The molecule has 2 amide bonds. The van der Waals surface area contributed by atoms with Crippen molar-refractivity contribution in [1.82, 2.24) is 4.31 Å². The number of nitrogens with one attached hydrogen (secondary N) is 1. The molecule has 1 aromatic carbocycles. The lowest BCUT2D eigenvalue weighted by Crippen LogP contribution is -2.44. The van der Waals surface area contributed by atoms with Gasteiger partial charge in [-0.15, -0.1) is 0 Å². The van der Waals surface area contributed by atoms with Gasteiger partial charge >= 0.3 is 6.03 Å². The van der Waals surface area contributed by atoms with Gasteiger partial charge in [-0.3, -0.25) is 4.99 Å². The topological polar surface area (TPSA) is 99.1 Å². The van der Waals surface area contributed by atoms with Crippen molar-refractivity contribution in [3.63, 3.8) is 0 Å². The van der Waals surface area contributed by atoms with Crippen molar-refractivity contribution in [2.75, 3.05) is 25.5 Å². The molecule has 2 heterocycles. The number of aliphatic hydroxyl groups excluding tert-OH is 1. The van der Waals surface area contributed by atoms with Gasteiger partial charge in [0.05, 0.1) is 18.8 Å². The molecule has 0 aliphatic carbocycles. The maximum absolute atomic E-state index is 12.7. The van der Waals surface area contributed by atoms with E-state index in [1.165, 1.54) is 6.07 Å². The molecule has 0 fully saturated rings. The minimum Gasteiger partial charge on any atom is -0.400 e. The molecule has 0 saturated heterocycles. The zero-order valence-corrected chi connectivity index (χ0v) is 15.2. The summed E-state index contributed by atoms with van der Waals surface area (Å²) in [5.41, 5.74) is 0.981. The highest BCUT2D eigenvalue weighted by Gasteiger charge is 2.36. The van der Waals surface area contributed by atoms with Crippen molar-refractivity contribution in [3.8, 4) is 0 Å². The van der Waals surface area contributed by atoms with Crippen LogP contribution in [-0.4, -0.2) is 50.3 Å². The number of fused-ring (bicyclic) bond motifs is 1. The molecule has 0 atom stereocenters. The number of allylic oxidation sites excluding steroid dienone is 1. The number of hydrogen-bond acceptors (Lipinski definition) is 5. The number of urea groups is 1. The minimum absolute atomic E-state index is 0.0390. The molecular formula is C15H16BrN3O4S. The Bertz CT molecular complexity index is 831. The monoisotopic (exact) mass is 413 g/mol. The fourth-order valence-electron chi connectivity index (χ4n) is 2.18. The van der Waals surface area contributed by atoms with E-state index in [2.05, 4.69) is 26.2 Å². The largest absolute Gasteiger partial charge is 0.400 e. The molecule has 128 valence electrons. The predicted molar refractivity (Wildman–Crippen MR) is 95.8 cm³/mol. The molecule has 0 aromatic heterocycles. The minimum atomic E-state index is -3.89. The zero-order chi connectivity index (χ0) is 17.7. The van der Waals surface area contributed by atoms with Crippen molar-refractivity contribution in [3.05, 3.63) is 46.5 Å². The molecule has 0 spiro atoms. The van der Waals surface area contributed by atoms with Gasteiger partial charge in [0.25, 0.3) is 10.0 Å². The van der Waals surface area contributed by atoms with Crippen LogP contribution >= 0.6 is 15.9 Å². The lowest BCUT2D eigenvalue weighted by atomic mass is 10.2. The Morgan fingerprint density at radius 1 is 1.38 bits per heavy atom. The number of sulfonamides is 1. The van der Waals surface area contributed by atoms with Gasteiger partial charge in [0.1, 0.15) is 4.90 Å². The third-order valence-corrected chi connectivity index (χ3v) is 5.50. The fraction of sp³-hybridized carbons (Fsp3) is 0.200. The van der Waals surface area contributed by atoms with Gasteiger partial charge in [-0.2, -0.15) is 0 Å². The molecule has 0 saturated carbocycles. The number of carbonyl (C=O) groups is 1. The maximum atomic E-state index is 12.7. The van der Waals surface area contributed by atoms with E-state index in [-0.39, 0.29) is 17.1 Å². The fourth-order valence-corrected chi connectivity index (χ4v) is 4.18. The number of halogens is 1. The van der Waals surface area contributed by atoms with E-state index in [1.807, 2.05) is 6.08 Å². The molecule has 24 heavy (non-hydrogen) atoms. The van der Waals surface area contributed by atoms with Gasteiger partial charge < -0.3 is 10.4 Å². The van der Waals surface area contributed by atoms with Gasteiger partial charge in [0.2, 0.25) is 0 Å². The smallest absolute Gasteiger partial charge is 0.336 e. The Hall–Kier alpha value is -1.97. The second kappa shape index (κ2) is 7.73. The first-order valence-electron chi connectivity index (χ1n) is 6.92. The van der Waals surface area contributed by atoms with Gasteiger partial charge in [-0.1, -0.05) is 28.1 Å². The average molecular weight is 414 g/mol. The molecule has 0 unspecified atom stereocenters. The third-order valence-electron chi connectivity index (χ3n) is 3.24. The van der Waals surface area contributed by atoms with E-state index in [0.717, 1.165) is 11.4 Å². The number of benzene rings is 1. The summed E-state index contributed by atoms with van der Waals surface area (Å²) < 4.78 is 26.8. The van der Waals surface area contributed by atoms with Crippen molar-refractivity contribution < 1.29 is 18.3 Å². The predicted octanol–water partition coefficient (Wildman–Crippen LogP) is 2.16. The molecule has 0 radical (unpaired) electrons. The van der Waals surface area contributed by atoms with Gasteiger partial charge in [0, 0.05) is 17.8 Å². The number of rotatable bonds is 2. The first-order valence-corrected chi connectivity index (χ1v) is 9.15. The number of anilines is 1. The Morgan fingerprint density at radius 3 is 2.88 bits per heavy atom. The average Bonchev–Trinajstić information content (AvgIpc) is 2.83.